The van der Waals surface area contributed by atoms with Crippen LogP contribution in [0.4, 0.5) is 5.13 Å². The van der Waals surface area contributed by atoms with Gasteiger partial charge in [-0.3, -0.25) is 4.72 Å². The Bertz CT molecular complexity index is 784. The van der Waals surface area contributed by atoms with Gasteiger partial charge in [0.15, 0.2) is 10.8 Å². The van der Waals surface area contributed by atoms with E-state index in [4.69, 9.17) is 5.26 Å². The second-order valence-electron chi connectivity index (χ2n) is 4.31. The molecule has 0 aliphatic heterocycles. The summed E-state index contributed by atoms with van der Waals surface area (Å²) >= 11 is 1.35. The first-order chi connectivity index (χ1) is 9.60. The minimum Gasteiger partial charge on any atom is -0.255 e. The van der Waals surface area contributed by atoms with Gasteiger partial charge in [0.1, 0.15) is 11.0 Å². The molecule has 102 valence electrons. The summed E-state index contributed by atoms with van der Waals surface area (Å²) in [5.74, 6) is 0. The number of rotatable bonds is 3. The van der Waals surface area contributed by atoms with Gasteiger partial charge in [-0.2, -0.15) is 5.26 Å². The number of thiazole rings is 1. The molecule has 2 heterocycles. The number of nitriles is 1. The van der Waals surface area contributed by atoms with Crippen LogP contribution in [0.5, 0.6) is 0 Å². The molecule has 0 saturated carbocycles. The molecule has 0 amide bonds. The quantitative estimate of drug-likeness (QED) is 0.931. The lowest BCUT2D eigenvalue weighted by atomic mass is 10.4. The molecule has 1 aliphatic rings. The zero-order valence-corrected chi connectivity index (χ0v) is 12.0. The number of anilines is 1. The van der Waals surface area contributed by atoms with Crippen LogP contribution in [0.15, 0.2) is 23.2 Å². The van der Waals surface area contributed by atoms with Crippen molar-refractivity contribution in [3.05, 3.63) is 34.6 Å². The van der Waals surface area contributed by atoms with Gasteiger partial charge in [-0.05, 0) is 31.4 Å². The normalized spacial score (nSPS) is 13.8. The minimum absolute atomic E-state index is 0.121. The zero-order chi connectivity index (χ0) is 14.2. The topological polar surface area (TPSA) is 95.7 Å². The van der Waals surface area contributed by atoms with Crippen molar-refractivity contribution < 1.29 is 8.42 Å². The van der Waals surface area contributed by atoms with Gasteiger partial charge in [0, 0.05) is 11.1 Å². The van der Waals surface area contributed by atoms with E-state index in [0.717, 1.165) is 29.8 Å². The molecule has 1 N–H and O–H groups in total. The van der Waals surface area contributed by atoms with Crippen molar-refractivity contribution in [1.82, 2.24) is 9.97 Å². The summed E-state index contributed by atoms with van der Waals surface area (Å²) in [6.07, 6.45) is 4.30. The van der Waals surface area contributed by atoms with Gasteiger partial charge < -0.3 is 0 Å². The van der Waals surface area contributed by atoms with Crippen LogP contribution in [0.25, 0.3) is 0 Å². The van der Waals surface area contributed by atoms with Crippen LogP contribution in [0.3, 0.4) is 0 Å². The third-order valence-corrected chi connectivity index (χ3v) is 5.56. The molecular formula is C12H10N4O2S2. The number of pyridine rings is 1. The predicted octanol–water partition coefficient (Wildman–Crippen LogP) is 1.70. The van der Waals surface area contributed by atoms with Crippen molar-refractivity contribution in [2.24, 2.45) is 0 Å². The van der Waals surface area contributed by atoms with Crippen molar-refractivity contribution in [2.45, 2.75) is 24.2 Å². The Morgan fingerprint density at radius 3 is 3.00 bits per heavy atom. The maximum Gasteiger partial charge on any atom is 0.266 e. The average molecular weight is 306 g/mol. The van der Waals surface area contributed by atoms with Crippen LogP contribution >= 0.6 is 11.3 Å². The number of aryl methyl sites for hydroxylation is 2. The van der Waals surface area contributed by atoms with E-state index in [1.54, 1.807) is 6.07 Å². The monoisotopic (exact) mass is 306 g/mol. The summed E-state index contributed by atoms with van der Waals surface area (Å²) in [4.78, 5) is 9.05. The SMILES string of the molecule is N#Cc1ncccc1S(=O)(=O)Nc1nc2c(s1)CCC2. The van der Waals surface area contributed by atoms with Crippen LogP contribution in [-0.2, 0) is 22.9 Å². The van der Waals surface area contributed by atoms with E-state index in [1.807, 2.05) is 0 Å². The summed E-state index contributed by atoms with van der Waals surface area (Å²) < 4.78 is 27.0. The lowest BCUT2D eigenvalue weighted by Crippen LogP contribution is -2.15. The minimum atomic E-state index is -3.83. The number of sulfonamides is 1. The van der Waals surface area contributed by atoms with Crippen molar-refractivity contribution in [3.63, 3.8) is 0 Å². The number of aromatic nitrogens is 2. The van der Waals surface area contributed by atoms with Crippen LogP contribution < -0.4 is 4.72 Å². The van der Waals surface area contributed by atoms with Gasteiger partial charge in [0.25, 0.3) is 10.0 Å². The second-order valence-corrected chi connectivity index (χ2v) is 7.04. The molecule has 0 spiro atoms. The van der Waals surface area contributed by atoms with Crippen LogP contribution in [-0.4, -0.2) is 18.4 Å². The lowest BCUT2D eigenvalue weighted by molar-refractivity contribution is 0.600. The molecule has 6 nitrogen and oxygen atoms in total. The summed E-state index contributed by atoms with van der Waals surface area (Å²) in [6.45, 7) is 0. The molecule has 1 aliphatic carbocycles. The fourth-order valence-corrected chi connectivity index (χ4v) is 4.49. The molecule has 0 saturated heterocycles. The number of hydrogen-bond acceptors (Lipinski definition) is 6. The molecule has 20 heavy (non-hydrogen) atoms. The largest absolute Gasteiger partial charge is 0.266 e. The molecule has 2 aromatic rings. The molecule has 0 radical (unpaired) electrons. The van der Waals surface area contributed by atoms with Crippen molar-refractivity contribution in [2.75, 3.05) is 4.72 Å². The summed E-state index contributed by atoms with van der Waals surface area (Å²) in [5.41, 5.74) is 0.850. The Labute approximate surface area is 120 Å². The molecule has 3 rings (SSSR count). The first-order valence-electron chi connectivity index (χ1n) is 5.96. The molecule has 0 fully saturated rings. The van der Waals surface area contributed by atoms with Crippen molar-refractivity contribution >= 4 is 26.5 Å². The molecule has 0 atom stereocenters. The Morgan fingerprint density at radius 1 is 1.40 bits per heavy atom. The van der Waals surface area contributed by atoms with E-state index in [2.05, 4.69) is 14.7 Å². The first kappa shape index (κ1) is 13.0. The fraction of sp³-hybridized carbons (Fsp3) is 0.250. The number of nitrogens with zero attached hydrogens (tertiary/aromatic N) is 3. The molecule has 2 aromatic heterocycles. The maximum atomic E-state index is 12.3. The van der Waals surface area contributed by atoms with Gasteiger partial charge in [0.05, 0.1) is 5.69 Å². The second kappa shape index (κ2) is 4.85. The van der Waals surface area contributed by atoms with Gasteiger partial charge in [-0.25, -0.2) is 18.4 Å². The molecule has 8 heteroatoms. The lowest BCUT2D eigenvalue weighted by Gasteiger charge is -2.05. The average Bonchev–Trinajstić information content (AvgIpc) is 2.99. The van der Waals surface area contributed by atoms with E-state index in [0.29, 0.717) is 5.13 Å². The molecule has 0 unspecified atom stereocenters. The number of fused-ring (bicyclic) bond motifs is 1. The Morgan fingerprint density at radius 2 is 2.25 bits per heavy atom. The van der Waals surface area contributed by atoms with Crippen LogP contribution in [0.1, 0.15) is 22.7 Å². The fourth-order valence-electron chi connectivity index (χ4n) is 2.10. The van der Waals surface area contributed by atoms with E-state index < -0.39 is 10.0 Å². The van der Waals surface area contributed by atoms with Crippen LogP contribution in [0.2, 0.25) is 0 Å². The smallest absolute Gasteiger partial charge is 0.255 e. The third-order valence-electron chi connectivity index (χ3n) is 2.98. The Hall–Kier alpha value is -1.98. The summed E-state index contributed by atoms with van der Waals surface area (Å²) in [5, 5.41) is 9.28. The molecule has 0 bridgehead atoms. The van der Waals surface area contributed by atoms with Crippen molar-refractivity contribution in [3.8, 4) is 6.07 Å². The van der Waals surface area contributed by atoms with Gasteiger partial charge in [-0.15, -0.1) is 11.3 Å². The highest BCUT2D eigenvalue weighted by Gasteiger charge is 2.23. The van der Waals surface area contributed by atoms with E-state index in [9.17, 15) is 8.42 Å². The van der Waals surface area contributed by atoms with Gasteiger partial charge >= 0.3 is 0 Å². The molecule has 0 aromatic carbocycles. The Balaban J connectivity index is 1.94. The highest BCUT2D eigenvalue weighted by molar-refractivity contribution is 7.93. The van der Waals surface area contributed by atoms with E-state index in [-0.39, 0.29) is 10.6 Å². The highest BCUT2D eigenvalue weighted by Crippen LogP contribution is 2.31. The predicted molar refractivity (Wildman–Crippen MR) is 73.9 cm³/mol. The number of nitrogens with one attached hydrogen (secondary N) is 1. The summed E-state index contributed by atoms with van der Waals surface area (Å²) in [7, 11) is -3.83. The highest BCUT2D eigenvalue weighted by atomic mass is 32.2. The standard InChI is InChI=1S/C12H10N4O2S2/c13-7-9-11(5-2-6-14-9)20(17,18)16-12-15-8-3-1-4-10(8)19-12/h2,5-6H,1,3-4H2,(H,15,16). The zero-order valence-electron chi connectivity index (χ0n) is 10.3. The third kappa shape index (κ3) is 2.26. The first-order valence-corrected chi connectivity index (χ1v) is 8.26. The van der Waals surface area contributed by atoms with E-state index in [1.165, 1.54) is 29.7 Å². The van der Waals surface area contributed by atoms with Gasteiger partial charge in [0.2, 0.25) is 0 Å². The van der Waals surface area contributed by atoms with Gasteiger partial charge in [-0.1, -0.05) is 0 Å². The van der Waals surface area contributed by atoms with Crippen LogP contribution in [0, 0.1) is 11.3 Å². The number of hydrogen-bond donors (Lipinski definition) is 1. The Kier molecular flexibility index (Phi) is 3.16. The van der Waals surface area contributed by atoms with Crippen molar-refractivity contribution in [1.29, 1.82) is 5.26 Å². The molecular weight excluding hydrogens is 296 g/mol. The van der Waals surface area contributed by atoms with E-state index >= 15 is 0 Å². The maximum absolute atomic E-state index is 12.3. The summed E-state index contributed by atoms with van der Waals surface area (Å²) in [6, 6.07) is 4.62.